The van der Waals surface area contributed by atoms with E-state index in [0.29, 0.717) is 17.1 Å². The lowest BCUT2D eigenvalue weighted by atomic mass is 10.0. The summed E-state index contributed by atoms with van der Waals surface area (Å²) in [6.45, 7) is 6.60. The molecule has 1 amide bonds. The van der Waals surface area contributed by atoms with Crippen LogP contribution in [0.4, 0.5) is 0 Å². The van der Waals surface area contributed by atoms with Gasteiger partial charge in [0.15, 0.2) is 0 Å². The molecule has 1 atom stereocenters. The Morgan fingerprint density at radius 1 is 1.56 bits per heavy atom. The maximum Gasteiger partial charge on any atom is 0.268 e. The van der Waals surface area contributed by atoms with Crippen molar-refractivity contribution in [1.82, 2.24) is 9.88 Å². The molecule has 2 N–H and O–H groups in total. The highest BCUT2D eigenvalue weighted by atomic mass is 35.5. The minimum Gasteiger partial charge on any atom is -0.388 e. The van der Waals surface area contributed by atoms with Gasteiger partial charge in [-0.05, 0) is 25.8 Å². The number of nitrogens with one attached hydrogen (secondary N) is 1. The normalized spacial score (nSPS) is 14.3. The van der Waals surface area contributed by atoms with Crippen LogP contribution in [0.2, 0.25) is 5.02 Å². The zero-order valence-corrected chi connectivity index (χ0v) is 11.9. The Kier molecular flexibility index (Phi) is 5.23. The number of carbonyl (C=O) groups excluding carboxylic acids is 1. The molecule has 0 aromatic carbocycles. The molecule has 4 nitrogen and oxygen atoms in total. The first-order chi connectivity index (χ1) is 8.39. The van der Waals surface area contributed by atoms with Crippen molar-refractivity contribution in [3.05, 3.63) is 23.0 Å². The Labute approximate surface area is 113 Å². The summed E-state index contributed by atoms with van der Waals surface area (Å²) in [5.41, 5.74) is -0.337. The number of hydrogen-bond acceptors (Lipinski definition) is 2. The molecular formula is C13H21ClN2O2. The molecule has 1 aromatic rings. The van der Waals surface area contributed by atoms with Gasteiger partial charge >= 0.3 is 0 Å². The minimum absolute atomic E-state index is 0.205. The van der Waals surface area contributed by atoms with E-state index < -0.39 is 5.60 Å². The van der Waals surface area contributed by atoms with Gasteiger partial charge < -0.3 is 15.0 Å². The molecule has 5 heteroatoms. The summed E-state index contributed by atoms with van der Waals surface area (Å²) in [6.07, 6.45) is 3.26. The molecule has 0 bridgehead atoms. The van der Waals surface area contributed by atoms with Crippen molar-refractivity contribution in [3.63, 3.8) is 0 Å². The number of rotatable bonds is 6. The third-order valence-corrected chi connectivity index (χ3v) is 3.16. The highest BCUT2D eigenvalue weighted by Crippen LogP contribution is 2.15. The maximum absolute atomic E-state index is 12.0. The Bertz CT molecular complexity index is 413. The van der Waals surface area contributed by atoms with Gasteiger partial charge in [-0.3, -0.25) is 4.79 Å². The molecule has 0 radical (unpaired) electrons. The van der Waals surface area contributed by atoms with E-state index in [1.165, 1.54) is 0 Å². The van der Waals surface area contributed by atoms with Crippen LogP contribution < -0.4 is 5.32 Å². The van der Waals surface area contributed by atoms with Crippen LogP contribution in [-0.2, 0) is 6.54 Å². The summed E-state index contributed by atoms with van der Waals surface area (Å²) in [5, 5.41) is 13.1. The number of aryl methyl sites for hydroxylation is 1. The predicted octanol–water partition coefficient (Wildman–Crippen LogP) is 2.44. The van der Waals surface area contributed by atoms with Gasteiger partial charge in [0.05, 0.1) is 10.6 Å². The molecule has 0 fully saturated rings. The summed E-state index contributed by atoms with van der Waals surface area (Å²) < 4.78 is 1.83. The van der Waals surface area contributed by atoms with E-state index in [1.807, 2.05) is 18.4 Å². The molecule has 0 spiro atoms. The molecule has 0 aliphatic carbocycles. The fraction of sp³-hybridized carbons (Fsp3) is 0.615. The van der Waals surface area contributed by atoms with E-state index in [-0.39, 0.29) is 12.5 Å². The zero-order valence-electron chi connectivity index (χ0n) is 11.2. The third-order valence-electron chi connectivity index (χ3n) is 2.95. The molecule has 1 aromatic heterocycles. The van der Waals surface area contributed by atoms with Gasteiger partial charge in [0.1, 0.15) is 5.69 Å². The van der Waals surface area contributed by atoms with Crippen LogP contribution in [0.5, 0.6) is 0 Å². The SMILES string of the molecule is CCCn1cc(Cl)cc1C(=O)NCC(C)(O)CC. The summed E-state index contributed by atoms with van der Waals surface area (Å²) in [5.74, 6) is -0.205. The van der Waals surface area contributed by atoms with Crippen molar-refractivity contribution >= 4 is 17.5 Å². The van der Waals surface area contributed by atoms with Gasteiger partial charge in [-0.25, -0.2) is 0 Å². The first kappa shape index (κ1) is 15.1. The Morgan fingerprint density at radius 2 is 2.22 bits per heavy atom. The molecule has 0 saturated heterocycles. The van der Waals surface area contributed by atoms with Gasteiger partial charge in [-0.2, -0.15) is 0 Å². The summed E-state index contributed by atoms with van der Waals surface area (Å²) in [7, 11) is 0. The second-order valence-electron chi connectivity index (χ2n) is 4.77. The van der Waals surface area contributed by atoms with Crippen molar-refractivity contribution in [2.24, 2.45) is 0 Å². The third kappa shape index (κ3) is 4.03. The lowest BCUT2D eigenvalue weighted by Gasteiger charge is -2.21. The lowest BCUT2D eigenvalue weighted by molar-refractivity contribution is 0.0516. The first-order valence-electron chi connectivity index (χ1n) is 6.26. The van der Waals surface area contributed by atoms with Crippen LogP contribution in [0.3, 0.4) is 0 Å². The molecular weight excluding hydrogens is 252 g/mol. The van der Waals surface area contributed by atoms with Gasteiger partial charge in [-0.1, -0.05) is 25.4 Å². The van der Waals surface area contributed by atoms with Crippen LogP contribution in [-0.4, -0.2) is 27.7 Å². The summed E-state index contributed by atoms with van der Waals surface area (Å²) >= 11 is 5.91. The fourth-order valence-corrected chi connectivity index (χ4v) is 1.80. The minimum atomic E-state index is -0.873. The molecule has 1 rings (SSSR count). The largest absolute Gasteiger partial charge is 0.388 e. The summed E-state index contributed by atoms with van der Waals surface area (Å²) in [4.78, 5) is 12.0. The molecule has 0 aliphatic heterocycles. The van der Waals surface area contributed by atoms with E-state index >= 15 is 0 Å². The smallest absolute Gasteiger partial charge is 0.268 e. The monoisotopic (exact) mass is 272 g/mol. The average Bonchev–Trinajstić information content (AvgIpc) is 2.68. The van der Waals surface area contributed by atoms with Crippen molar-refractivity contribution in [3.8, 4) is 0 Å². The Hall–Kier alpha value is -1.00. The van der Waals surface area contributed by atoms with Gasteiger partial charge in [-0.15, -0.1) is 0 Å². The van der Waals surface area contributed by atoms with Crippen molar-refractivity contribution < 1.29 is 9.90 Å². The molecule has 1 unspecified atom stereocenters. The number of aliphatic hydroxyl groups is 1. The Morgan fingerprint density at radius 3 is 2.78 bits per heavy atom. The fourth-order valence-electron chi connectivity index (χ4n) is 1.58. The highest BCUT2D eigenvalue weighted by molar-refractivity contribution is 6.31. The van der Waals surface area contributed by atoms with Crippen molar-refractivity contribution in [1.29, 1.82) is 0 Å². The second kappa shape index (κ2) is 6.25. The van der Waals surface area contributed by atoms with Crippen LogP contribution in [0.15, 0.2) is 12.3 Å². The van der Waals surface area contributed by atoms with Crippen LogP contribution >= 0.6 is 11.6 Å². The molecule has 102 valence electrons. The Balaban J connectivity index is 2.72. The quantitative estimate of drug-likeness (QED) is 0.836. The van der Waals surface area contributed by atoms with Crippen LogP contribution in [0.1, 0.15) is 44.1 Å². The lowest BCUT2D eigenvalue weighted by Crippen LogP contribution is -2.40. The van der Waals surface area contributed by atoms with Gasteiger partial charge in [0.2, 0.25) is 0 Å². The van der Waals surface area contributed by atoms with E-state index in [1.54, 1.807) is 19.2 Å². The standard InChI is InChI=1S/C13H21ClN2O2/c1-4-6-16-8-10(14)7-11(16)12(17)15-9-13(3,18)5-2/h7-8,18H,4-6,9H2,1-3H3,(H,15,17). The van der Waals surface area contributed by atoms with Crippen LogP contribution in [0.25, 0.3) is 0 Å². The van der Waals surface area contributed by atoms with Crippen LogP contribution in [0, 0.1) is 0 Å². The molecule has 18 heavy (non-hydrogen) atoms. The van der Waals surface area contributed by atoms with E-state index in [4.69, 9.17) is 11.6 Å². The maximum atomic E-state index is 12.0. The van der Waals surface area contributed by atoms with Crippen molar-refractivity contribution in [2.45, 2.75) is 45.8 Å². The molecule has 0 aliphatic rings. The van der Waals surface area contributed by atoms with Crippen molar-refractivity contribution in [2.75, 3.05) is 6.54 Å². The number of nitrogens with zero attached hydrogens (tertiary/aromatic N) is 1. The number of hydrogen-bond donors (Lipinski definition) is 2. The van der Waals surface area contributed by atoms with Gasteiger partial charge in [0.25, 0.3) is 5.91 Å². The molecule has 0 saturated carbocycles. The average molecular weight is 273 g/mol. The van der Waals surface area contributed by atoms with E-state index in [2.05, 4.69) is 5.32 Å². The number of halogens is 1. The van der Waals surface area contributed by atoms with Gasteiger partial charge in [0, 0.05) is 19.3 Å². The number of carbonyl (C=O) groups is 1. The second-order valence-corrected chi connectivity index (χ2v) is 5.21. The number of amides is 1. The highest BCUT2D eigenvalue weighted by Gasteiger charge is 2.20. The molecule has 1 heterocycles. The zero-order chi connectivity index (χ0) is 13.8. The first-order valence-corrected chi connectivity index (χ1v) is 6.63. The van der Waals surface area contributed by atoms with E-state index in [9.17, 15) is 9.90 Å². The predicted molar refractivity (Wildman–Crippen MR) is 73.0 cm³/mol. The number of aromatic nitrogens is 1. The summed E-state index contributed by atoms with van der Waals surface area (Å²) in [6, 6.07) is 1.65. The van der Waals surface area contributed by atoms with E-state index in [0.717, 1.165) is 13.0 Å². The topological polar surface area (TPSA) is 54.3 Å².